The molecule has 4 heteroatoms. The molecule has 0 spiro atoms. The maximum Gasteiger partial charge on any atom is 0.231 e. The molecule has 1 aromatic rings. The largest absolute Gasteiger partial charge is 0.454 e. The maximum atomic E-state index is 6.15. The van der Waals surface area contributed by atoms with Crippen LogP contribution in [0.25, 0.3) is 0 Å². The highest BCUT2D eigenvalue weighted by Crippen LogP contribution is 2.56. The van der Waals surface area contributed by atoms with Crippen molar-refractivity contribution in [1.82, 2.24) is 0 Å². The van der Waals surface area contributed by atoms with Gasteiger partial charge in [0, 0.05) is 11.5 Å². The molecule has 92 valence electrons. The Morgan fingerprint density at radius 2 is 2.12 bits per heavy atom. The van der Waals surface area contributed by atoms with Crippen LogP contribution in [0.5, 0.6) is 11.5 Å². The van der Waals surface area contributed by atoms with Crippen molar-refractivity contribution in [2.24, 2.45) is 5.73 Å². The van der Waals surface area contributed by atoms with Crippen molar-refractivity contribution in [2.45, 2.75) is 36.1 Å². The van der Waals surface area contributed by atoms with Gasteiger partial charge in [0.1, 0.15) is 0 Å². The molecule has 1 heterocycles. The summed E-state index contributed by atoms with van der Waals surface area (Å²) in [6, 6.07) is 4.36. The summed E-state index contributed by atoms with van der Waals surface area (Å²) >= 11 is 1.72. The standard InChI is InChI=1S/C13H17NO2S/c1-8(14)13(5-6-13)9-3-4-10-11(12(9)17-2)16-7-15-10/h3-4,8H,5-7,14H2,1-2H3. The smallest absolute Gasteiger partial charge is 0.231 e. The third-order valence-electron chi connectivity index (χ3n) is 3.89. The van der Waals surface area contributed by atoms with Crippen molar-refractivity contribution >= 4 is 11.8 Å². The summed E-state index contributed by atoms with van der Waals surface area (Å²) in [5, 5.41) is 0. The zero-order chi connectivity index (χ0) is 12.0. The number of nitrogens with two attached hydrogens (primary N) is 1. The van der Waals surface area contributed by atoms with E-state index < -0.39 is 0 Å². The highest BCUT2D eigenvalue weighted by molar-refractivity contribution is 7.98. The van der Waals surface area contributed by atoms with E-state index in [4.69, 9.17) is 15.2 Å². The van der Waals surface area contributed by atoms with E-state index in [0.717, 1.165) is 11.5 Å². The maximum absolute atomic E-state index is 6.15. The van der Waals surface area contributed by atoms with Crippen molar-refractivity contribution in [3.8, 4) is 11.5 Å². The lowest BCUT2D eigenvalue weighted by Gasteiger charge is -2.23. The average molecular weight is 251 g/mol. The molecule has 1 aromatic carbocycles. The molecule has 3 rings (SSSR count). The molecule has 0 aromatic heterocycles. The molecule has 2 N–H and O–H groups in total. The van der Waals surface area contributed by atoms with Crippen molar-refractivity contribution < 1.29 is 9.47 Å². The van der Waals surface area contributed by atoms with Gasteiger partial charge in [-0.25, -0.2) is 0 Å². The molecule has 1 unspecified atom stereocenters. The van der Waals surface area contributed by atoms with Crippen LogP contribution in [-0.4, -0.2) is 19.1 Å². The van der Waals surface area contributed by atoms with Gasteiger partial charge in [-0.2, -0.15) is 0 Å². The van der Waals surface area contributed by atoms with Gasteiger partial charge in [0.25, 0.3) is 0 Å². The van der Waals surface area contributed by atoms with Crippen LogP contribution in [0.3, 0.4) is 0 Å². The number of hydrogen-bond donors (Lipinski definition) is 1. The highest BCUT2D eigenvalue weighted by Gasteiger charge is 2.49. The van der Waals surface area contributed by atoms with Crippen molar-refractivity contribution in [2.75, 3.05) is 13.0 Å². The summed E-state index contributed by atoms with van der Waals surface area (Å²) in [5.41, 5.74) is 7.66. The van der Waals surface area contributed by atoms with E-state index in [0.29, 0.717) is 6.79 Å². The predicted molar refractivity (Wildman–Crippen MR) is 68.9 cm³/mol. The lowest BCUT2D eigenvalue weighted by molar-refractivity contribution is 0.172. The second-order valence-corrected chi connectivity index (χ2v) is 5.64. The van der Waals surface area contributed by atoms with E-state index in [-0.39, 0.29) is 11.5 Å². The van der Waals surface area contributed by atoms with E-state index >= 15 is 0 Å². The first-order chi connectivity index (χ1) is 8.19. The van der Waals surface area contributed by atoms with Gasteiger partial charge in [0.2, 0.25) is 6.79 Å². The van der Waals surface area contributed by atoms with Crippen LogP contribution in [0.15, 0.2) is 17.0 Å². The molecule has 2 aliphatic rings. The van der Waals surface area contributed by atoms with Gasteiger partial charge in [-0.3, -0.25) is 0 Å². The number of thioether (sulfide) groups is 1. The van der Waals surface area contributed by atoms with Gasteiger partial charge in [0.15, 0.2) is 11.5 Å². The summed E-state index contributed by atoms with van der Waals surface area (Å²) < 4.78 is 11.0. The Morgan fingerprint density at radius 1 is 1.35 bits per heavy atom. The molecule has 1 fully saturated rings. The van der Waals surface area contributed by atoms with Gasteiger partial charge < -0.3 is 15.2 Å². The Labute approximate surface area is 106 Å². The first-order valence-corrected chi connectivity index (χ1v) is 7.14. The van der Waals surface area contributed by atoms with Crippen LogP contribution >= 0.6 is 11.8 Å². The molecule has 0 radical (unpaired) electrons. The fourth-order valence-corrected chi connectivity index (χ4v) is 3.48. The summed E-state index contributed by atoms with van der Waals surface area (Å²) in [5.74, 6) is 1.76. The van der Waals surface area contributed by atoms with Gasteiger partial charge in [-0.1, -0.05) is 6.07 Å². The number of benzene rings is 1. The molecular weight excluding hydrogens is 234 g/mol. The lowest BCUT2D eigenvalue weighted by atomic mass is 9.89. The molecular formula is C13H17NO2S. The first kappa shape index (κ1) is 11.2. The highest BCUT2D eigenvalue weighted by atomic mass is 32.2. The summed E-state index contributed by atoms with van der Waals surface area (Å²) in [7, 11) is 0. The summed E-state index contributed by atoms with van der Waals surface area (Å²) in [6.07, 6.45) is 4.44. The average Bonchev–Trinajstić information content (AvgIpc) is 3.00. The Hall–Kier alpha value is -0.870. The zero-order valence-corrected chi connectivity index (χ0v) is 11.0. The summed E-state index contributed by atoms with van der Waals surface area (Å²) in [4.78, 5) is 1.20. The fraction of sp³-hybridized carbons (Fsp3) is 0.538. The zero-order valence-electron chi connectivity index (χ0n) is 10.2. The monoisotopic (exact) mass is 251 g/mol. The molecule has 3 nitrogen and oxygen atoms in total. The van der Waals surface area contributed by atoms with Crippen LogP contribution in [-0.2, 0) is 5.41 Å². The Kier molecular flexibility index (Phi) is 2.52. The number of ether oxygens (including phenoxy) is 2. The normalized spacial score (nSPS) is 21.4. The molecule has 0 amide bonds. The van der Waals surface area contributed by atoms with Crippen LogP contribution in [0.4, 0.5) is 0 Å². The van der Waals surface area contributed by atoms with Gasteiger partial charge >= 0.3 is 0 Å². The van der Waals surface area contributed by atoms with Crippen LogP contribution < -0.4 is 15.2 Å². The van der Waals surface area contributed by atoms with E-state index in [9.17, 15) is 0 Å². The van der Waals surface area contributed by atoms with Gasteiger partial charge in [-0.15, -0.1) is 11.8 Å². The second-order valence-electron chi connectivity index (χ2n) is 4.82. The molecule has 1 saturated carbocycles. The molecule has 1 aliphatic heterocycles. The van der Waals surface area contributed by atoms with Crippen LogP contribution in [0, 0.1) is 0 Å². The number of hydrogen-bond acceptors (Lipinski definition) is 4. The van der Waals surface area contributed by atoms with Crippen molar-refractivity contribution in [3.63, 3.8) is 0 Å². The molecule has 0 saturated heterocycles. The van der Waals surface area contributed by atoms with E-state index in [1.165, 1.54) is 23.3 Å². The van der Waals surface area contributed by atoms with Crippen LogP contribution in [0.2, 0.25) is 0 Å². The van der Waals surface area contributed by atoms with E-state index in [2.05, 4.69) is 19.2 Å². The minimum Gasteiger partial charge on any atom is -0.454 e. The predicted octanol–water partition coefficient (Wildman–Crippen LogP) is 2.52. The quantitative estimate of drug-likeness (QED) is 0.838. The Bertz CT molecular complexity index is 455. The van der Waals surface area contributed by atoms with Gasteiger partial charge in [0.05, 0.1) is 4.90 Å². The third-order valence-corrected chi connectivity index (χ3v) is 4.71. The molecule has 17 heavy (non-hydrogen) atoms. The lowest BCUT2D eigenvalue weighted by Crippen LogP contribution is -2.32. The van der Waals surface area contributed by atoms with Gasteiger partial charge in [-0.05, 0) is 37.7 Å². The Balaban J connectivity index is 2.12. The Morgan fingerprint density at radius 3 is 2.71 bits per heavy atom. The number of fused-ring (bicyclic) bond motifs is 1. The topological polar surface area (TPSA) is 44.5 Å². The summed E-state index contributed by atoms with van der Waals surface area (Å²) in [6.45, 7) is 2.43. The van der Waals surface area contributed by atoms with Crippen LogP contribution in [0.1, 0.15) is 25.3 Å². The van der Waals surface area contributed by atoms with E-state index in [1.54, 1.807) is 11.8 Å². The first-order valence-electron chi connectivity index (χ1n) is 5.92. The fourth-order valence-electron chi connectivity index (χ4n) is 2.65. The minimum atomic E-state index is 0.166. The van der Waals surface area contributed by atoms with Crippen molar-refractivity contribution in [3.05, 3.63) is 17.7 Å². The molecule has 1 aliphatic carbocycles. The minimum absolute atomic E-state index is 0.166. The number of rotatable bonds is 3. The van der Waals surface area contributed by atoms with E-state index in [1.807, 2.05) is 6.07 Å². The van der Waals surface area contributed by atoms with Crippen molar-refractivity contribution in [1.29, 1.82) is 0 Å². The molecule has 1 atom stereocenters. The third kappa shape index (κ3) is 1.54. The molecule has 0 bridgehead atoms. The SMILES string of the molecule is CSc1c(C2(C(C)N)CC2)ccc2c1OCO2. The second kappa shape index (κ2) is 3.82.